The number of rotatable bonds is 3. The normalized spacial score (nSPS) is 25.7. The Bertz CT molecular complexity index is 364. The van der Waals surface area contributed by atoms with E-state index in [0.717, 1.165) is 12.8 Å². The van der Waals surface area contributed by atoms with Gasteiger partial charge in [-0.2, -0.15) is 5.10 Å². The molecule has 1 N–H and O–H groups in total. The molecule has 0 aliphatic heterocycles. The third kappa shape index (κ3) is 2.16. The smallest absolute Gasteiger partial charge is 0.307 e. The quantitative estimate of drug-likeness (QED) is 0.827. The van der Waals surface area contributed by atoms with Gasteiger partial charge in [-0.15, -0.1) is 0 Å². The Morgan fingerprint density at radius 2 is 2.47 bits per heavy atom. The average Bonchev–Trinajstić information content (AvgIpc) is 2.72. The van der Waals surface area contributed by atoms with Crippen LogP contribution < -0.4 is 0 Å². The molecule has 1 saturated carbocycles. The first-order chi connectivity index (χ1) is 7.16. The lowest BCUT2D eigenvalue weighted by molar-refractivity contribution is -0.136. The van der Waals surface area contributed by atoms with Gasteiger partial charge in [0, 0.05) is 11.8 Å². The molecule has 15 heavy (non-hydrogen) atoms. The second kappa shape index (κ2) is 4.00. The molecule has 0 saturated heterocycles. The van der Waals surface area contributed by atoms with Crippen LogP contribution in [0.2, 0.25) is 0 Å². The first-order valence-corrected chi connectivity index (χ1v) is 5.05. The largest absolute Gasteiger partial charge is 0.481 e. The van der Waals surface area contributed by atoms with E-state index in [1.165, 1.54) is 6.20 Å². The van der Waals surface area contributed by atoms with Crippen molar-refractivity contribution in [3.05, 3.63) is 18.0 Å². The van der Waals surface area contributed by atoms with Gasteiger partial charge in [0.1, 0.15) is 6.17 Å². The Labute approximate surface area is 86.7 Å². The highest BCUT2D eigenvalue weighted by Crippen LogP contribution is 2.32. The van der Waals surface area contributed by atoms with Crippen molar-refractivity contribution in [2.45, 2.75) is 37.9 Å². The van der Waals surface area contributed by atoms with Crippen LogP contribution in [0.3, 0.4) is 0 Å². The van der Waals surface area contributed by atoms with Crippen LogP contribution >= 0.6 is 0 Å². The summed E-state index contributed by atoms with van der Waals surface area (Å²) in [5.74, 6) is -0.891. The molecular weight excluding hydrogens is 199 g/mol. The first-order valence-electron chi connectivity index (χ1n) is 5.05. The summed E-state index contributed by atoms with van der Waals surface area (Å²) in [6, 6.07) is -0.201. The molecular formula is C10H13FN2O2. The molecule has 1 aliphatic carbocycles. The molecule has 1 aromatic heterocycles. The summed E-state index contributed by atoms with van der Waals surface area (Å²) < 4.78 is 14.9. The topological polar surface area (TPSA) is 55.1 Å². The second-order valence-corrected chi connectivity index (χ2v) is 3.91. The van der Waals surface area contributed by atoms with Crippen LogP contribution in [0.4, 0.5) is 4.39 Å². The highest BCUT2D eigenvalue weighted by molar-refractivity contribution is 5.69. The minimum Gasteiger partial charge on any atom is -0.481 e. The molecule has 2 atom stereocenters. The van der Waals surface area contributed by atoms with E-state index in [0.29, 0.717) is 12.0 Å². The number of carbonyl (C=O) groups is 1. The SMILES string of the molecule is O=C(O)Cc1cnn(C2CCCC2F)c1. The number of carboxylic acids is 1. The van der Waals surface area contributed by atoms with E-state index in [-0.39, 0.29) is 12.5 Å². The summed E-state index contributed by atoms with van der Waals surface area (Å²) >= 11 is 0. The lowest BCUT2D eigenvalue weighted by Crippen LogP contribution is -2.15. The van der Waals surface area contributed by atoms with Crippen LogP contribution in [0.5, 0.6) is 0 Å². The van der Waals surface area contributed by atoms with Crippen molar-refractivity contribution in [1.82, 2.24) is 9.78 Å². The summed E-state index contributed by atoms with van der Waals surface area (Å²) in [6.45, 7) is 0. The van der Waals surface area contributed by atoms with Gasteiger partial charge >= 0.3 is 5.97 Å². The third-order valence-corrected chi connectivity index (χ3v) is 2.75. The molecule has 2 unspecified atom stereocenters. The van der Waals surface area contributed by atoms with E-state index in [9.17, 15) is 9.18 Å². The molecule has 1 fully saturated rings. The van der Waals surface area contributed by atoms with Gasteiger partial charge in [-0.1, -0.05) is 0 Å². The predicted molar refractivity (Wildman–Crippen MR) is 51.4 cm³/mol. The molecule has 1 heterocycles. The Hall–Kier alpha value is -1.39. The maximum atomic E-state index is 13.4. The summed E-state index contributed by atoms with van der Waals surface area (Å²) in [6.07, 6.45) is 4.48. The van der Waals surface area contributed by atoms with E-state index < -0.39 is 12.1 Å². The van der Waals surface area contributed by atoms with Gasteiger partial charge in [-0.05, 0) is 19.3 Å². The van der Waals surface area contributed by atoms with Crippen molar-refractivity contribution in [2.75, 3.05) is 0 Å². The Kier molecular flexibility index (Phi) is 2.70. The van der Waals surface area contributed by atoms with E-state index in [1.54, 1.807) is 10.9 Å². The van der Waals surface area contributed by atoms with Gasteiger partial charge in [-0.3, -0.25) is 9.48 Å². The average molecular weight is 212 g/mol. The van der Waals surface area contributed by atoms with Crippen LogP contribution in [-0.2, 0) is 11.2 Å². The molecule has 1 aliphatic rings. The number of alkyl halides is 1. The van der Waals surface area contributed by atoms with Gasteiger partial charge in [0.2, 0.25) is 0 Å². The van der Waals surface area contributed by atoms with Gasteiger partial charge in [0.25, 0.3) is 0 Å². The van der Waals surface area contributed by atoms with E-state index >= 15 is 0 Å². The lowest BCUT2D eigenvalue weighted by Gasteiger charge is -2.12. The van der Waals surface area contributed by atoms with Crippen LogP contribution in [0, 0.1) is 0 Å². The molecule has 5 heteroatoms. The van der Waals surface area contributed by atoms with Crippen molar-refractivity contribution in [1.29, 1.82) is 0 Å². The van der Waals surface area contributed by atoms with Gasteiger partial charge in [-0.25, -0.2) is 4.39 Å². The maximum Gasteiger partial charge on any atom is 0.307 e. The summed E-state index contributed by atoms with van der Waals surface area (Å²) in [5.41, 5.74) is 0.626. The van der Waals surface area contributed by atoms with Crippen molar-refractivity contribution in [3.63, 3.8) is 0 Å². The van der Waals surface area contributed by atoms with Crippen LogP contribution in [0.1, 0.15) is 30.9 Å². The van der Waals surface area contributed by atoms with Crippen LogP contribution in [-0.4, -0.2) is 27.0 Å². The molecule has 0 amide bonds. The molecule has 4 nitrogen and oxygen atoms in total. The molecule has 0 bridgehead atoms. The minimum absolute atomic E-state index is 0.0519. The Balaban J connectivity index is 2.09. The number of carboxylic acid groups (broad SMARTS) is 1. The zero-order valence-corrected chi connectivity index (χ0v) is 8.27. The maximum absolute atomic E-state index is 13.4. The zero-order chi connectivity index (χ0) is 10.8. The fourth-order valence-electron chi connectivity index (χ4n) is 2.02. The van der Waals surface area contributed by atoms with Crippen molar-refractivity contribution in [2.24, 2.45) is 0 Å². The van der Waals surface area contributed by atoms with Crippen LogP contribution in [0.25, 0.3) is 0 Å². The molecule has 0 radical (unpaired) electrons. The van der Waals surface area contributed by atoms with E-state index in [1.807, 2.05) is 0 Å². The van der Waals surface area contributed by atoms with Gasteiger partial charge < -0.3 is 5.11 Å². The third-order valence-electron chi connectivity index (χ3n) is 2.75. The number of hydrogen-bond donors (Lipinski definition) is 1. The molecule has 2 rings (SSSR count). The highest BCUT2D eigenvalue weighted by atomic mass is 19.1. The van der Waals surface area contributed by atoms with Crippen molar-refractivity contribution < 1.29 is 14.3 Å². The predicted octanol–water partition coefficient (Wildman–Crippen LogP) is 1.57. The van der Waals surface area contributed by atoms with E-state index in [2.05, 4.69) is 5.10 Å². The van der Waals surface area contributed by atoms with Crippen LogP contribution in [0.15, 0.2) is 12.4 Å². The molecule has 0 spiro atoms. The standard InChI is InChI=1S/C10H13FN2O2/c11-8-2-1-3-9(8)13-6-7(5-12-13)4-10(14)15/h5-6,8-9H,1-4H2,(H,14,15). The number of hydrogen-bond acceptors (Lipinski definition) is 2. The number of nitrogens with zero attached hydrogens (tertiary/aromatic N) is 2. The van der Waals surface area contributed by atoms with E-state index in [4.69, 9.17) is 5.11 Å². The fourth-order valence-corrected chi connectivity index (χ4v) is 2.02. The lowest BCUT2D eigenvalue weighted by atomic mass is 10.2. The van der Waals surface area contributed by atoms with Crippen molar-refractivity contribution >= 4 is 5.97 Å². The number of halogens is 1. The van der Waals surface area contributed by atoms with Crippen molar-refractivity contribution in [3.8, 4) is 0 Å². The molecule has 0 aromatic carbocycles. The summed E-state index contributed by atoms with van der Waals surface area (Å²) in [7, 11) is 0. The number of aromatic nitrogens is 2. The fraction of sp³-hybridized carbons (Fsp3) is 0.600. The summed E-state index contributed by atoms with van der Waals surface area (Å²) in [5, 5.41) is 12.6. The highest BCUT2D eigenvalue weighted by Gasteiger charge is 2.29. The molecule has 82 valence electrons. The first kappa shape index (κ1) is 10.1. The Morgan fingerprint density at radius 3 is 3.07 bits per heavy atom. The molecule has 1 aromatic rings. The van der Waals surface area contributed by atoms with Gasteiger partial charge in [0.05, 0.1) is 18.7 Å². The zero-order valence-electron chi connectivity index (χ0n) is 8.27. The second-order valence-electron chi connectivity index (χ2n) is 3.91. The number of aliphatic carboxylic acids is 1. The monoisotopic (exact) mass is 212 g/mol. The minimum atomic E-state index is -0.891. The Morgan fingerprint density at radius 1 is 1.67 bits per heavy atom. The summed E-state index contributed by atoms with van der Waals surface area (Å²) in [4.78, 5) is 10.5. The van der Waals surface area contributed by atoms with Gasteiger partial charge in [0.15, 0.2) is 0 Å².